The molecule has 0 radical (unpaired) electrons. The SMILES string of the molecule is O=C(NCc1ccccc1)c1ccc(N2C(=O)[C@H]3[C@H](C2=O)[C@H]2C=C[C@H]3C2)cc1. The number of hydrogen-bond donors (Lipinski definition) is 1. The van der Waals surface area contributed by atoms with E-state index < -0.39 is 0 Å². The fourth-order valence-electron chi connectivity index (χ4n) is 4.80. The van der Waals surface area contributed by atoms with Crippen molar-refractivity contribution in [2.45, 2.75) is 13.0 Å². The van der Waals surface area contributed by atoms with E-state index in [2.05, 4.69) is 17.5 Å². The standard InChI is InChI=1S/C23H20N2O3/c26-21(24-13-14-4-2-1-3-5-14)15-8-10-18(11-9-15)25-22(27)19-16-6-7-17(12-16)20(19)23(25)28/h1-11,16-17,19-20H,12-13H2,(H,24,26)/t16-,17-,19+,20+/m0/s1. The molecule has 5 heteroatoms. The van der Waals surface area contributed by atoms with Crippen molar-refractivity contribution in [3.8, 4) is 0 Å². The number of rotatable bonds is 4. The predicted molar refractivity (Wildman–Crippen MR) is 104 cm³/mol. The number of allylic oxidation sites excluding steroid dienone is 2. The van der Waals surface area contributed by atoms with Gasteiger partial charge in [0.2, 0.25) is 11.8 Å². The lowest BCUT2D eigenvalue weighted by atomic mass is 9.85. The molecule has 1 saturated heterocycles. The number of carbonyl (C=O) groups excluding carboxylic acids is 3. The van der Waals surface area contributed by atoms with E-state index in [1.54, 1.807) is 24.3 Å². The van der Waals surface area contributed by atoms with E-state index in [1.165, 1.54) is 4.90 Å². The summed E-state index contributed by atoms with van der Waals surface area (Å²) in [5.74, 6) is -0.429. The monoisotopic (exact) mass is 372 g/mol. The Morgan fingerprint density at radius 1 is 0.893 bits per heavy atom. The fraction of sp³-hybridized carbons (Fsp3) is 0.261. The molecule has 3 amide bonds. The second-order valence-electron chi connectivity index (χ2n) is 7.73. The second kappa shape index (κ2) is 6.44. The lowest BCUT2D eigenvalue weighted by Gasteiger charge is -2.17. The number of nitrogens with one attached hydrogen (secondary N) is 1. The molecule has 2 bridgehead atoms. The minimum Gasteiger partial charge on any atom is -0.348 e. The average molecular weight is 372 g/mol. The molecule has 0 unspecified atom stereocenters. The Hall–Kier alpha value is -3.21. The fourth-order valence-corrected chi connectivity index (χ4v) is 4.80. The number of imide groups is 1. The van der Waals surface area contributed by atoms with Gasteiger partial charge in [-0.25, -0.2) is 0 Å². The highest BCUT2D eigenvalue weighted by molar-refractivity contribution is 6.22. The molecule has 4 atom stereocenters. The third-order valence-electron chi connectivity index (χ3n) is 6.15. The summed E-state index contributed by atoms with van der Waals surface area (Å²) in [6, 6.07) is 16.4. The molecule has 1 aliphatic heterocycles. The van der Waals surface area contributed by atoms with Crippen LogP contribution in [0.25, 0.3) is 0 Å². The van der Waals surface area contributed by atoms with Gasteiger partial charge in [0, 0.05) is 12.1 Å². The maximum atomic E-state index is 12.9. The first-order valence-corrected chi connectivity index (χ1v) is 9.62. The number of hydrogen-bond acceptors (Lipinski definition) is 3. The minimum atomic E-state index is -0.212. The first-order chi connectivity index (χ1) is 13.6. The average Bonchev–Trinajstić information content (AvgIpc) is 3.41. The second-order valence-corrected chi connectivity index (χ2v) is 7.73. The van der Waals surface area contributed by atoms with E-state index in [0.717, 1.165) is 12.0 Å². The molecule has 2 fully saturated rings. The van der Waals surface area contributed by atoms with Gasteiger partial charge < -0.3 is 5.32 Å². The van der Waals surface area contributed by atoms with Crippen molar-refractivity contribution < 1.29 is 14.4 Å². The van der Waals surface area contributed by atoms with Gasteiger partial charge in [-0.3, -0.25) is 19.3 Å². The van der Waals surface area contributed by atoms with Crippen LogP contribution in [-0.2, 0) is 16.1 Å². The zero-order valence-electron chi connectivity index (χ0n) is 15.2. The molecule has 3 aliphatic rings. The van der Waals surface area contributed by atoms with E-state index in [4.69, 9.17) is 0 Å². The van der Waals surface area contributed by atoms with Gasteiger partial charge >= 0.3 is 0 Å². The number of carbonyl (C=O) groups is 3. The Morgan fingerprint density at radius 2 is 1.50 bits per heavy atom. The van der Waals surface area contributed by atoms with Crippen LogP contribution in [0.1, 0.15) is 22.3 Å². The van der Waals surface area contributed by atoms with Crippen molar-refractivity contribution >= 4 is 23.4 Å². The molecule has 1 N–H and O–H groups in total. The Kier molecular flexibility index (Phi) is 3.90. The third kappa shape index (κ3) is 2.58. The first-order valence-electron chi connectivity index (χ1n) is 9.62. The first kappa shape index (κ1) is 16.9. The van der Waals surface area contributed by atoms with Crippen LogP contribution in [0.5, 0.6) is 0 Å². The molecule has 2 aliphatic carbocycles. The Labute approximate surface area is 163 Å². The van der Waals surface area contributed by atoms with Crippen LogP contribution in [0, 0.1) is 23.7 Å². The van der Waals surface area contributed by atoms with Crippen molar-refractivity contribution in [1.29, 1.82) is 0 Å². The molecule has 1 saturated carbocycles. The molecule has 0 spiro atoms. The molecule has 5 rings (SSSR count). The van der Waals surface area contributed by atoms with Crippen molar-refractivity contribution in [2.75, 3.05) is 4.90 Å². The van der Waals surface area contributed by atoms with Gasteiger partial charge in [-0.15, -0.1) is 0 Å². The summed E-state index contributed by atoms with van der Waals surface area (Å²) in [5.41, 5.74) is 2.07. The number of amides is 3. The molecule has 2 aromatic carbocycles. The van der Waals surface area contributed by atoms with Crippen LogP contribution in [0.4, 0.5) is 5.69 Å². The maximum absolute atomic E-state index is 12.9. The van der Waals surface area contributed by atoms with Crippen molar-refractivity contribution in [3.63, 3.8) is 0 Å². The van der Waals surface area contributed by atoms with Crippen LogP contribution in [0.2, 0.25) is 0 Å². The Balaban J connectivity index is 1.30. The summed E-state index contributed by atoms with van der Waals surface area (Å²) >= 11 is 0. The van der Waals surface area contributed by atoms with E-state index >= 15 is 0 Å². The number of nitrogens with zero attached hydrogens (tertiary/aromatic N) is 1. The lowest BCUT2D eigenvalue weighted by molar-refractivity contribution is -0.123. The van der Waals surface area contributed by atoms with Crippen LogP contribution >= 0.6 is 0 Å². The molecule has 2 aromatic rings. The highest BCUT2D eigenvalue weighted by Crippen LogP contribution is 2.53. The summed E-state index contributed by atoms with van der Waals surface area (Å²) < 4.78 is 0. The van der Waals surface area contributed by atoms with Crippen molar-refractivity contribution in [3.05, 3.63) is 77.9 Å². The van der Waals surface area contributed by atoms with E-state index in [-0.39, 0.29) is 41.4 Å². The van der Waals surface area contributed by atoms with Crippen molar-refractivity contribution in [2.24, 2.45) is 23.7 Å². The summed E-state index contributed by atoms with van der Waals surface area (Å²) in [5, 5.41) is 2.88. The van der Waals surface area contributed by atoms with Crippen LogP contribution in [0.15, 0.2) is 66.7 Å². The predicted octanol–water partition coefficient (Wildman–Crippen LogP) is 2.93. The third-order valence-corrected chi connectivity index (χ3v) is 6.15. The van der Waals surface area contributed by atoms with Gasteiger partial charge in [0.15, 0.2) is 0 Å². The van der Waals surface area contributed by atoms with Gasteiger partial charge in [-0.1, -0.05) is 42.5 Å². The largest absolute Gasteiger partial charge is 0.348 e. The molecule has 1 heterocycles. The van der Waals surface area contributed by atoms with E-state index in [0.29, 0.717) is 17.8 Å². The van der Waals surface area contributed by atoms with E-state index in [1.807, 2.05) is 30.3 Å². The summed E-state index contributed by atoms with van der Waals surface area (Å²) in [6.45, 7) is 0.448. The normalized spacial score (nSPS) is 27.4. The topological polar surface area (TPSA) is 66.5 Å². The molecule has 28 heavy (non-hydrogen) atoms. The Morgan fingerprint density at radius 3 is 2.11 bits per heavy atom. The summed E-state index contributed by atoms with van der Waals surface area (Å²) in [6.07, 6.45) is 5.09. The highest BCUT2D eigenvalue weighted by atomic mass is 16.2. The zero-order valence-corrected chi connectivity index (χ0v) is 15.2. The van der Waals surface area contributed by atoms with Gasteiger partial charge in [0.25, 0.3) is 5.91 Å². The van der Waals surface area contributed by atoms with Crippen LogP contribution in [0.3, 0.4) is 0 Å². The summed E-state index contributed by atoms with van der Waals surface area (Å²) in [7, 11) is 0. The molecule has 140 valence electrons. The number of fused-ring (bicyclic) bond motifs is 5. The van der Waals surface area contributed by atoms with Crippen LogP contribution < -0.4 is 10.2 Å². The summed E-state index contributed by atoms with van der Waals surface area (Å²) in [4.78, 5) is 39.4. The van der Waals surface area contributed by atoms with Gasteiger partial charge in [-0.2, -0.15) is 0 Å². The number of benzene rings is 2. The molecular weight excluding hydrogens is 352 g/mol. The minimum absolute atomic E-state index is 0.104. The smallest absolute Gasteiger partial charge is 0.251 e. The van der Waals surface area contributed by atoms with Crippen LogP contribution in [-0.4, -0.2) is 17.7 Å². The molecule has 5 nitrogen and oxygen atoms in total. The van der Waals surface area contributed by atoms with E-state index in [9.17, 15) is 14.4 Å². The quantitative estimate of drug-likeness (QED) is 0.663. The van der Waals surface area contributed by atoms with Gasteiger partial charge in [0.1, 0.15) is 0 Å². The van der Waals surface area contributed by atoms with Crippen molar-refractivity contribution in [1.82, 2.24) is 5.32 Å². The molecular formula is C23H20N2O3. The zero-order chi connectivity index (χ0) is 19.3. The highest BCUT2D eigenvalue weighted by Gasteiger charge is 2.59. The maximum Gasteiger partial charge on any atom is 0.251 e. The van der Waals surface area contributed by atoms with Gasteiger partial charge in [0.05, 0.1) is 17.5 Å². The lowest BCUT2D eigenvalue weighted by Crippen LogP contribution is -2.32. The Bertz CT molecular complexity index is 951. The number of anilines is 1. The van der Waals surface area contributed by atoms with Gasteiger partial charge in [-0.05, 0) is 48.1 Å². The molecule has 0 aromatic heterocycles.